The number of nitrogens with zero attached hydrogens (tertiary/aromatic N) is 5. The summed E-state index contributed by atoms with van der Waals surface area (Å²) < 4.78 is 1.47. The molecule has 0 unspecified atom stereocenters. The Morgan fingerprint density at radius 3 is 2.56 bits per heavy atom. The van der Waals surface area contributed by atoms with Crippen LogP contribution in [0.4, 0.5) is 5.82 Å². The van der Waals surface area contributed by atoms with Gasteiger partial charge in [0.25, 0.3) is 5.91 Å². The molecule has 198 valence electrons. The number of Topliss-reactive ketones (excluding diaryl/α,β-unsaturated/α-hetero) is 1. The van der Waals surface area contributed by atoms with E-state index in [1.807, 2.05) is 30.3 Å². The van der Waals surface area contributed by atoms with Crippen molar-refractivity contribution in [2.24, 2.45) is 0 Å². The molecule has 0 saturated carbocycles. The summed E-state index contributed by atoms with van der Waals surface area (Å²) >= 11 is 0. The minimum Gasteiger partial charge on any atom is -0.384 e. The van der Waals surface area contributed by atoms with E-state index in [4.69, 9.17) is 10.7 Å². The fourth-order valence-electron chi connectivity index (χ4n) is 5.66. The zero-order valence-electron chi connectivity index (χ0n) is 21.5. The number of aliphatic hydroxyl groups is 1. The molecule has 1 aromatic carbocycles. The van der Waals surface area contributed by atoms with Gasteiger partial charge >= 0.3 is 0 Å². The highest BCUT2D eigenvalue weighted by molar-refractivity contribution is 6.01. The van der Waals surface area contributed by atoms with Crippen molar-refractivity contribution in [1.29, 1.82) is 0 Å². The summed E-state index contributed by atoms with van der Waals surface area (Å²) in [4.78, 5) is 47.4. The minimum atomic E-state index is -1.04. The van der Waals surface area contributed by atoms with Crippen LogP contribution in [0.5, 0.6) is 0 Å². The van der Waals surface area contributed by atoms with Gasteiger partial charge in [-0.15, -0.1) is 0 Å². The Labute approximate surface area is 224 Å². The highest BCUT2D eigenvalue weighted by Crippen LogP contribution is 2.34. The number of aldehydes is 1. The summed E-state index contributed by atoms with van der Waals surface area (Å²) in [6.07, 6.45) is 5.63. The lowest BCUT2D eigenvalue weighted by atomic mass is 9.90. The number of hydrogen-bond acceptors (Lipinski definition) is 8. The van der Waals surface area contributed by atoms with Gasteiger partial charge in [0, 0.05) is 53.9 Å². The van der Waals surface area contributed by atoms with E-state index in [1.54, 1.807) is 17.3 Å². The number of aliphatic hydroxyl groups excluding tert-OH is 1. The summed E-state index contributed by atoms with van der Waals surface area (Å²) in [5.74, 6) is 0.0477. The van der Waals surface area contributed by atoms with Gasteiger partial charge in [0.2, 0.25) is 0 Å². The smallest absolute Gasteiger partial charge is 0.251 e. The predicted molar refractivity (Wildman–Crippen MR) is 144 cm³/mol. The van der Waals surface area contributed by atoms with Crippen LogP contribution in [0.3, 0.4) is 0 Å². The third-order valence-electron chi connectivity index (χ3n) is 7.82. The Hall–Kier alpha value is -4.44. The Morgan fingerprint density at radius 2 is 1.87 bits per heavy atom. The number of likely N-dealkylation sites (tertiary alicyclic amines) is 1. The number of ketones is 1. The number of fused-ring (bicyclic) bond motifs is 2. The van der Waals surface area contributed by atoms with Gasteiger partial charge in [0.1, 0.15) is 11.9 Å². The summed E-state index contributed by atoms with van der Waals surface area (Å²) in [7, 11) is 0. The summed E-state index contributed by atoms with van der Waals surface area (Å²) in [6.45, 7) is 2.40. The second kappa shape index (κ2) is 9.70. The lowest BCUT2D eigenvalue weighted by Gasteiger charge is -2.33. The second-order valence-electron chi connectivity index (χ2n) is 10.2. The van der Waals surface area contributed by atoms with Crippen molar-refractivity contribution in [3.8, 4) is 22.4 Å². The van der Waals surface area contributed by atoms with Crippen LogP contribution in [0.1, 0.15) is 64.1 Å². The molecule has 1 amide bonds. The molecule has 3 aromatic heterocycles. The molecule has 4 aromatic rings. The number of hydrogen-bond donors (Lipinski definition) is 2. The van der Waals surface area contributed by atoms with E-state index in [-0.39, 0.29) is 23.4 Å². The number of pyridine rings is 1. The Balaban J connectivity index is 1.32. The molecule has 10 nitrogen and oxygen atoms in total. The van der Waals surface area contributed by atoms with Crippen LogP contribution in [0.15, 0.2) is 42.7 Å². The van der Waals surface area contributed by atoms with Gasteiger partial charge < -0.3 is 15.7 Å². The van der Waals surface area contributed by atoms with Crippen molar-refractivity contribution in [2.45, 2.75) is 44.6 Å². The number of aryl methyl sites for hydroxylation is 1. The molecule has 0 radical (unpaired) electrons. The average Bonchev–Trinajstić information content (AvgIpc) is 3.56. The molecular weight excluding hydrogens is 496 g/mol. The van der Waals surface area contributed by atoms with E-state index in [1.165, 1.54) is 11.4 Å². The van der Waals surface area contributed by atoms with Crippen molar-refractivity contribution < 1.29 is 19.5 Å². The number of benzene rings is 1. The number of aromatic nitrogens is 4. The van der Waals surface area contributed by atoms with E-state index in [9.17, 15) is 19.5 Å². The molecule has 4 heterocycles. The van der Waals surface area contributed by atoms with E-state index in [2.05, 4.69) is 10.1 Å². The number of nitrogen functional groups attached to an aromatic ring is 1. The van der Waals surface area contributed by atoms with Gasteiger partial charge in [-0.3, -0.25) is 19.4 Å². The summed E-state index contributed by atoms with van der Waals surface area (Å²) in [5.41, 5.74) is 13.0. The maximum absolute atomic E-state index is 12.2. The number of anilines is 1. The Bertz CT molecular complexity index is 1620. The molecule has 0 spiro atoms. The fraction of sp³-hybridized carbons (Fsp3) is 0.310. The van der Waals surface area contributed by atoms with E-state index < -0.39 is 6.10 Å². The van der Waals surface area contributed by atoms with E-state index in [0.717, 1.165) is 39.9 Å². The van der Waals surface area contributed by atoms with Gasteiger partial charge in [-0.25, -0.2) is 4.98 Å². The monoisotopic (exact) mass is 524 g/mol. The molecule has 6 rings (SSSR count). The first-order valence-electron chi connectivity index (χ1n) is 13.1. The fourth-order valence-corrected chi connectivity index (χ4v) is 5.66. The Kier molecular flexibility index (Phi) is 6.19. The zero-order chi connectivity index (χ0) is 27.3. The van der Waals surface area contributed by atoms with Crippen molar-refractivity contribution in [3.05, 3.63) is 65.1 Å². The largest absolute Gasteiger partial charge is 0.384 e. The molecule has 3 N–H and O–H groups in total. The van der Waals surface area contributed by atoms with Crippen LogP contribution in [-0.4, -0.2) is 66.8 Å². The maximum atomic E-state index is 12.2. The quantitative estimate of drug-likeness (QED) is 0.379. The van der Waals surface area contributed by atoms with E-state index >= 15 is 0 Å². The summed E-state index contributed by atoms with van der Waals surface area (Å²) in [6, 6.07) is 9.71. The molecule has 2 aliphatic rings. The van der Waals surface area contributed by atoms with Crippen molar-refractivity contribution in [1.82, 2.24) is 24.5 Å². The molecule has 1 aliphatic heterocycles. The molecule has 10 heteroatoms. The lowest BCUT2D eigenvalue weighted by Crippen LogP contribution is -2.42. The Morgan fingerprint density at radius 1 is 1.10 bits per heavy atom. The molecule has 1 atom stereocenters. The van der Waals surface area contributed by atoms with Gasteiger partial charge in [0.05, 0.1) is 23.1 Å². The normalized spacial score (nSPS) is 16.5. The summed E-state index contributed by atoms with van der Waals surface area (Å²) in [5, 5.41) is 14.0. The molecule has 39 heavy (non-hydrogen) atoms. The maximum Gasteiger partial charge on any atom is 0.251 e. The number of carbonyl (C=O) groups is 3. The highest BCUT2D eigenvalue weighted by Gasteiger charge is 2.30. The minimum absolute atomic E-state index is 0.0644. The van der Waals surface area contributed by atoms with Crippen LogP contribution in [0.25, 0.3) is 28.0 Å². The number of amides is 1. The second-order valence-corrected chi connectivity index (χ2v) is 10.2. The van der Waals surface area contributed by atoms with Crippen molar-refractivity contribution >= 4 is 29.4 Å². The number of rotatable bonds is 5. The topological polar surface area (TPSA) is 144 Å². The van der Waals surface area contributed by atoms with Gasteiger partial charge in [-0.1, -0.05) is 18.2 Å². The van der Waals surface area contributed by atoms with Crippen LogP contribution in [0, 0.1) is 0 Å². The van der Waals surface area contributed by atoms with Crippen LogP contribution >= 0.6 is 0 Å². The number of nitrogens with two attached hydrogens (primary N) is 1. The lowest BCUT2D eigenvalue weighted by molar-refractivity contribution is -0.140. The van der Waals surface area contributed by atoms with Crippen molar-refractivity contribution in [2.75, 3.05) is 18.8 Å². The first kappa shape index (κ1) is 24.9. The molecular formula is C29H28N6O4. The molecule has 1 fully saturated rings. The average molecular weight is 525 g/mol. The SMILES string of the molecule is C[C@@H](O)C(=O)N1CCC(c2nc3c(-c4ccc(-c5ccc6c(c5)CCC6=O)nc4)cnn3c(N)c2C=O)CC1. The molecule has 1 aliphatic carbocycles. The first-order chi connectivity index (χ1) is 18.9. The third kappa shape index (κ3) is 4.26. The van der Waals surface area contributed by atoms with Crippen LogP contribution in [0.2, 0.25) is 0 Å². The van der Waals surface area contributed by atoms with Crippen molar-refractivity contribution in [3.63, 3.8) is 0 Å². The predicted octanol–water partition coefficient (Wildman–Crippen LogP) is 3.07. The zero-order valence-corrected chi connectivity index (χ0v) is 21.5. The standard InChI is InChI=1S/C29H28N6O4/c1-16(37)29(39)34-10-8-17(9-11-34)26-23(15-36)27(30)35-28(33-26)22(14-32-35)20-3-6-24(31-13-20)19-2-5-21-18(12-19)4-7-25(21)38/h2-3,5-6,12-17,37H,4,7-11,30H2,1H3/t16-/m1/s1. The van der Waals surface area contributed by atoms with Crippen LogP contribution in [-0.2, 0) is 11.2 Å². The highest BCUT2D eigenvalue weighted by atomic mass is 16.3. The molecule has 0 bridgehead atoms. The number of carbonyl (C=O) groups excluding carboxylic acids is 3. The van der Waals surface area contributed by atoms with Crippen LogP contribution < -0.4 is 5.73 Å². The first-order valence-corrected chi connectivity index (χ1v) is 13.1. The van der Waals surface area contributed by atoms with Gasteiger partial charge in [-0.05, 0) is 43.9 Å². The third-order valence-corrected chi connectivity index (χ3v) is 7.82. The number of piperidine rings is 1. The van der Waals surface area contributed by atoms with E-state index in [0.29, 0.717) is 55.5 Å². The van der Waals surface area contributed by atoms with Gasteiger partial charge in [-0.2, -0.15) is 9.61 Å². The van der Waals surface area contributed by atoms with Gasteiger partial charge in [0.15, 0.2) is 17.7 Å². The molecule has 1 saturated heterocycles.